The van der Waals surface area contributed by atoms with Crippen LogP contribution >= 0.6 is 12.4 Å². The van der Waals surface area contributed by atoms with E-state index in [4.69, 9.17) is 10.7 Å². The first-order chi connectivity index (χ1) is 8.81. The summed E-state index contributed by atoms with van der Waals surface area (Å²) >= 11 is 0. The first-order valence-electron chi connectivity index (χ1n) is 6.76. The fourth-order valence-corrected chi connectivity index (χ4v) is 3.19. The Morgan fingerprint density at radius 1 is 1.26 bits per heavy atom. The quantitative estimate of drug-likeness (QED) is 0.870. The maximum atomic E-state index is 6.14. The molecule has 2 aromatic rings. The van der Waals surface area contributed by atoms with Crippen molar-refractivity contribution in [1.82, 2.24) is 9.55 Å². The van der Waals surface area contributed by atoms with Gasteiger partial charge in [0.2, 0.25) is 0 Å². The molecular formula is C15H18ClN3. The Hall–Kier alpha value is -1.32. The van der Waals surface area contributed by atoms with Crippen molar-refractivity contribution in [3.63, 3.8) is 0 Å². The second-order valence-electron chi connectivity index (χ2n) is 5.40. The highest BCUT2D eigenvalue weighted by molar-refractivity contribution is 5.85. The van der Waals surface area contributed by atoms with Gasteiger partial charge in [-0.25, -0.2) is 4.98 Å². The van der Waals surface area contributed by atoms with Gasteiger partial charge in [0, 0.05) is 30.8 Å². The molecule has 1 atom stereocenters. The Labute approximate surface area is 119 Å². The highest BCUT2D eigenvalue weighted by atomic mass is 35.5. The van der Waals surface area contributed by atoms with E-state index in [9.17, 15) is 0 Å². The number of imidazole rings is 1. The summed E-state index contributed by atoms with van der Waals surface area (Å²) < 4.78 is 2.28. The van der Waals surface area contributed by atoms with Crippen LogP contribution in [0.15, 0.2) is 24.4 Å². The number of hydrogen-bond acceptors (Lipinski definition) is 2. The van der Waals surface area contributed by atoms with Crippen LogP contribution in [0.1, 0.15) is 35.8 Å². The fourth-order valence-electron chi connectivity index (χ4n) is 3.19. The van der Waals surface area contributed by atoms with Crippen LogP contribution in [0.5, 0.6) is 0 Å². The van der Waals surface area contributed by atoms with Crippen LogP contribution in [0.4, 0.5) is 0 Å². The van der Waals surface area contributed by atoms with Gasteiger partial charge in [-0.15, -0.1) is 12.4 Å². The van der Waals surface area contributed by atoms with Crippen molar-refractivity contribution in [2.24, 2.45) is 5.73 Å². The lowest BCUT2D eigenvalue weighted by Crippen LogP contribution is -2.05. The van der Waals surface area contributed by atoms with Gasteiger partial charge < -0.3 is 10.3 Å². The molecule has 0 saturated heterocycles. The van der Waals surface area contributed by atoms with E-state index in [2.05, 4.69) is 29.0 Å². The molecule has 1 aliphatic carbocycles. The number of nitrogens with zero attached hydrogens (tertiary/aromatic N) is 2. The lowest BCUT2D eigenvalue weighted by molar-refractivity contribution is 0.713. The molecule has 19 heavy (non-hydrogen) atoms. The minimum absolute atomic E-state index is 0. The van der Waals surface area contributed by atoms with Crippen LogP contribution in [-0.4, -0.2) is 9.55 Å². The summed E-state index contributed by atoms with van der Waals surface area (Å²) in [6.45, 7) is 1.12. The summed E-state index contributed by atoms with van der Waals surface area (Å²) in [5, 5.41) is 0. The Morgan fingerprint density at radius 2 is 2.16 bits per heavy atom. The third-order valence-electron chi connectivity index (χ3n) is 4.22. The van der Waals surface area contributed by atoms with Crippen molar-refractivity contribution in [3.8, 4) is 11.3 Å². The summed E-state index contributed by atoms with van der Waals surface area (Å²) in [7, 11) is 0. The normalized spacial score (nSPS) is 19.9. The van der Waals surface area contributed by atoms with Crippen LogP contribution in [0, 0.1) is 0 Å². The molecule has 2 aliphatic rings. The molecule has 4 heteroatoms. The van der Waals surface area contributed by atoms with Gasteiger partial charge >= 0.3 is 0 Å². The molecule has 1 aromatic heterocycles. The number of hydrogen-bond donors (Lipinski definition) is 1. The predicted molar refractivity (Wildman–Crippen MR) is 78.5 cm³/mol. The number of benzene rings is 1. The molecule has 2 heterocycles. The molecule has 100 valence electrons. The number of aryl methyl sites for hydroxylation is 3. The standard InChI is InChI=1S/C15H17N3.ClH/c16-13-6-5-10-3-4-11(8-12(10)13)14-9-18-7-1-2-15(18)17-14;/h3-4,8-9,13H,1-2,5-7,16H2;1H/t13-;/m1./s1. The molecule has 0 spiro atoms. The number of aromatic nitrogens is 2. The van der Waals surface area contributed by atoms with E-state index in [1.165, 1.54) is 28.9 Å². The average Bonchev–Trinajstić information content (AvgIpc) is 3.03. The van der Waals surface area contributed by atoms with Gasteiger partial charge in [0.15, 0.2) is 0 Å². The molecule has 0 amide bonds. The first kappa shape index (κ1) is 12.7. The highest BCUT2D eigenvalue weighted by Crippen LogP contribution is 2.33. The number of fused-ring (bicyclic) bond motifs is 2. The van der Waals surface area contributed by atoms with Crippen LogP contribution in [0.25, 0.3) is 11.3 Å². The van der Waals surface area contributed by atoms with Crippen molar-refractivity contribution in [2.45, 2.75) is 38.3 Å². The monoisotopic (exact) mass is 275 g/mol. The predicted octanol–water partition coefficient (Wildman–Crippen LogP) is 2.86. The van der Waals surface area contributed by atoms with Gasteiger partial charge in [0.05, 0.1) is 5.69 Å². The molecule has 1 aliphatic heterocycles. The van der Waals surface area contributed by atoms with Crippen molar-refractivity contribution >= 4 is 12.4 Å². The third kappa shape index (κ3) is 1.97. The zero-order valence-corrected chi connectivity index (χ0v) is 11.6. The first-order valence-corrected chi connectivity index (χ1v) is 6.76. The summed E-state index contributed by atoms with van der Waals surface area (Å²) in [4.78, 5) is 4.73. The molecule has 1 aromatic carbocycles. The van der Waals surface area contributed by atoms with Crippen molar-refractivity contribution in [3.05, 3.63) is 41.3 Å². The molecule has 3 nitrogen and oxygen atoms in total. The largest absolute Gasteiger partial charge is 0.334 e. The van der Waals surface area contributed by atoms with Crippen molar-refractivity contribution in [1.29, 1.82) is 0 Å². The fraction of sp³-hybridized carbons (Fsp3) is 0.400. The highest BCUT2D eigenvalue weighted by Gasteiger charge is 2.20. The molecule has 4 rings (SSSR count). The SMILES string of the molecule is Cl.N[C@@H]1CCc2ccc(-c3cn4c(n3)CCC4)cc21. The molecular weight excluding hydrogens is 258 g/mol. The number of halogens is 1. The van der Waals surface area contributed by atoms with E-state index in [1.54, 1.807) is 0 Å². The second kappa shape index (κ2) is 4.66. The smallest absolute Gasteiger partial charge is 0.109 e. The van der Waals surface area contributed by atoms with E-state index in [1.807, 2.05) is 0 Å². The van der Waals surface area contributed by atoms with E-state index < -0.39 is 0 Å². The number of rotatable bonds is 1. The van der Waals surface area contributed by atoms with Crippen LogP contribution < -0.4 is 5.73 Å². The lowest BCUT2D eigenvalue weighted by Gasteiger charge is -2.06. The summed E-state index contributed by atoms with van der Waals surface area (Å²) in [5.74, 6) is 1.23. The Balaban J connectivity index is 0.00000110. The van der Waals surface area contributed by atoms with Crippen molar-refractivity contribution < 1.29 is 0 Å². The molecule has 2 N–H and O–H groups in total. The minimum Gasteiger partial charge on any atom is -0.334 e. The molecule has 0 fully saturated rings. The zero-order valence-electron chi connectivity index (χ0n) is 10.8. The van der Waals surface area contributed by atoms with E-state index in [0.717, 1.165) is 31.5 Å². The molecule has 0 bridgehead atoms. The van der Waals surface area contributed by atoms with E-state index >= 15 is 0 Å². The van der Waals surface area contributed by atoms with Crippen molar-refractivity contribution in [2.75, 3.05) is 0 Å². The molecule has 0 saturated carbocycles. The maximum absolute atomic E-state index is 6.14. The summed E-state index contributed by atoms with van der Waals surface area (Å²) in [5.41, 5.74) is 11.2. The van der Waals surface area contributed by atoms with Crippen LogP contribution in [0.2, 0.25) is 0 Å². The average molecular weight is 276 g/mol. The minimum atomic E-state index is 0. The van der Waals surface area contributed by atoms with Crippen LogP contribution in [-0.2, 0) is 19.4 Å². The van der Waals surface area contributed by atoms with Gasteiger partial charge in [0.25, 0.3) is 0 Å². The number of nitrogens with two attached hydrogens (primary N) is 1. The third-order valence-corrected chi connectivity index (χ3v) is 4.22. The van der Waals surface area contributed by atoms with Gasteiger partial charge in [-0.1, -0.05) is 12.1 Å². The van der Waals surface area contributed by atoms with Gasteiger partial charge in [-0.3, -0.25) is 0 Å². The zero-order chi connectivity index (χ0) is 12.1. The topological polar surface area (TPSA) is 43.8 Å². The van der Waals surface area contributed by atoms with Gasteiger partial charge in [0.1, 0.15) is 5.82 Å². The Morgan fingerprint density at radius 3 is 3.00 bits per heavy atom. The Kier molecular flexibility index (Phi) is 3.11. The van der Waals surface area contributed by atoms with E-state index in [0.29, 0.717) is 0 Å². The summed E-state index contributed by atoms with van der Waals surface area (Å²) in [6, 6.07) is 6.87. The van der Waals surface area contributed by atoms with Gasteiger partial charge in [-0.05, 0) is 36.5 Å². The van der Waals surface area contributed by atoms with E-state index in [-0.39, 0.29) is 18.4 Å². The summed E-state index contributed by atoms with van der Waals surface area (Å²) in [6.07, 6.45) is 6.74. The molecule has 0 unspecified atom stereocenters. The van der Waals surface area contributed by atoms with Crippen LogP contribution in [0.3, 0.4) is 0 Å². The second-order valence-corrected chi connectivity index (χ2v) is 5.40. The molecule has 0 radical (unpaired) electrons. The Bertz CT molecular complexity index is 596. The maximum Gasteiger partial charge on any atom is 0.109 e. The van der Waals surface area contributed by atoms with Gasteiger partial charge in [-0.2, -0.15) is 0 Å². The lowest BCUT2D eigenvalue weighted by atomic mass is 10.0.